The van der Waals surface area contributed by atoms with Gasteiger partial charge in [0.15, 0.2) is 12.4 Å². The molecule has 0 aliphatic carbocycles. The van der Waals surface area contributed by atoms with Gasteiger partial charge >= 0.3 is 5.97 Å². The van der Waals surface area contributed by atoms with Crippen LogP contribution in [-0.4, -0.2) is 37.5 Å². The third kappa shape index (κ3) is 8.79. The van der Waals surface area contributed by atoms with Gasteiger partial charge in [0.2, 0.25) is 0 Å². The Morgan fingerprint density at radius 2 is 1.62 bits per heavy atom. The van der Waals surface area contributed by atoms with Gasteiger partial charge in [-0.25, -0.2) is 0 Å². The van der Waals surface area contributed by atoms with E-state index >= 15 is 0 Å². The molecule has 2 aromatic carbocycles. The van der Waals surface area contributed by atoms with Gasteiger partial charge in [0.05, 0.1) is 25.3 Å². The summed E-state index contributed by atoms with van der Waals surface area (Å²) in [6, 6.07) is 13.9. The fraction of sp³-hybridized carbons (Fsp3) is 0.400. The minimum absolute atomic E-state index is 0.00430. The monoisotopic (exact) mass is 441 g/mol. The lowest BCUT2D eigenvalue weighted by Gasteiger charge is -2.11. The van der Waals surface area contributed by atoms with Crippen LogP contribution >= 0.6 is 0 Å². The minimum Gasteiger partial charge on any atom is -0.494 e. The first-order valence-electron chi connectivity index (χ1n) is 11.0. The number of para-hydroxylation sites is 2. The van der Waals surface area contributed by atoms with Crippen molar-refractivity contribution in [2.75, 3.05) is 25.1 Å². The van der Waals surface area contributed by atoms with E-state index in [1.165, 1.54) is 0 Å². The molecule has 1 amide bonds. The molecule has 0 bridgehead atoms. The van der Waals surface area contributed by atoms with E-state index in [1.807, 2.05) is 6.92 Å². The molecule has 2 rings (SSSR count). The molecular weight excluding hydrogens is 410 g/mol. The number of anilines is 1. The summed E-state index contributed by atoms with van der Waals surface area (Å²) >= 11 is 0. The first kappa shape index (κ1) is 24.9. The number of benzene rings is 2. The van der Waals surface area contributed by atoms with Crippen LogP contribution in [0.4, 0.5) is 5.69 Å². The summed E-state index contributed by atoms with van der Waals surface area (Å²) < 4.78 is 16.0. The molecule has 0 aliphatic heterocycles. The van der Waals surface area contributed by atoms with Gasteiger partial charge in [-0.2, -0.15) is 0 Å². The van der Waals surface area contributed by atoms with Crippen molar-refractivity contribution in [1.29, 1.82) is 0 Å². The second-order valence-electron chi connectivity index (χ2n) is 7.14. The van der Waals surface area contributed by atoms with E-state index in [9.17, 15) is 14.4 Å². The Hall–Kier alpha value is -3.35. The van der Waals surface area contributed by atoms with Crippen LogP contribution in [0.1, 0.15) is 56.3 Å². The molecule has 0 saturated carbocycles. The number of unbranched alkanes of at least 4 members (excludes halogenated alkanes) is 2. The molecule has 32 heavy (non-hydrogen) atoms. The number of ether oxygens (including phenoxy) is 3. The number of hydrogen-bond acceptors (Lipinski definition) is 6. The molecule has 2 aromatic rings. The van der Waals surface area contributed by atoms with Gasteiger partial charge in [0, 0.05) is 12.0 Å². The highest BCUT2D eigenvalue weighted by Gasteiger charge is 2.13. The Kier molecular flexibility index (Phi) is 10.8. The first-order valence-corrected chi connectivity index (χ1v) is 11.0. The molecule has 0 fully saturated rings. The predicted molar refractivity (Wildman–Crippen MR) is 122 cm³/mol. The zero-order valence-corrected chi connectivity index (χ0v) is 18.7. The number of rotatable bonds is 14. The van der Waals surface area contributed by atoms with Crippen molar-refractivity contribution < 1.29 is 28.6 Å². The van der Waals surface area contributed by atoms with Gasteiger partial charge in [0.25, 0.3) is 5.91 Å². The number of amides is 1. The molecule has 0 heterocycles. The van der Waals surface area contributed by atoms with E-state index < -0.39 is 18.5 Å². The van der Waals surface area contributed by atoms with Crippen molar-refractivity contribution in [1.82, 2.24) is 0 Å². The molecule has 7 heteroatoms. The number of Topliss-reactive ketones (excluding diaryl/α,β-unsaturated/α-hetero) is 1. The number of carbonyl (C=O) groups excluding carboxylic acids is 3. The molecule has 0 radical (unpaired) electrons. The molecule has 1 N–H and O–H groups in total. The lowest BCUT2D eigenvalue weighted by atomic mass is 10.1. The van der Waals surface area contributed by atoms with E-state index in [-0.39, 0.29) is 18.6 Å². The van der Waals surface area contributed by atoms with Crippen molar-refractivity contribution in [2.45, 2.75) is 46.0 Å². The van der Waals surface area contributed by atoms with Crippen LogP contribution in [0, 0.1) is 0 Å². The van der Waals surface area contributed by atoms with Crippen molar-refractivity contribution in [3.8, 4) is 11.5 Å². The summed E-state index contributed by atoms with van der Waals surface area (Å²) in [4.78, 5) is 36.3. The molecule has 0 aromatic heterocycles. The summed E-state index contributed by atoms with van der Waals surface area (Å²) in [5, 5.41) is 2.65. The van der Waals surface area contributed by atoms with Crippen molar-refractivity contribution in [3.05, 3.63) is 54.1 Å². The largest absolute Gasteiger partial charge is 0.494 e. The van der Waals surface area contributed by atoms with Gasteiger partial charge in [-0.3, -0.25) is 14.4 Å². The average Bonchev–Trinajstić information content (AvgIpc) is 2.81. The topological polar surface area (TPSA) is 90.9 Å². The number of ketones is 1. The zero-order chi connectivity index (χ0) is 23.2. The zero-order valence-electron chi connectivity index (χ0n) is 18.7. The molecule has 0 atom stereocenters. The number of nitrogens with one attached hydrogen (secondary N) is 1. The van der Waals surface area contributed by atoms with E-state index in [2.05, 4.69) is 12.2 Å². The van der Waals surface area contributed by atoms with Crippen LogP contribution in [0.25, 0.3) is 0 Å². The molecule has 0 spiro atoms. The lowest BCUT2D eigenvalue weighted by Crippen LogP contribution is -2.21. The van der Waals surface area contributed by atoms with Crippen molar-refractivity contribution in [3.63, 3.8) is 0 Å². The normalized spacial score (nSPS) is 10.3. The number of esters is 1. The van der Waals surface area contributed by atoms with E-state index in [4.69, 9.17) is 14.2 Å². The van der Waals surface area contributed by atoms with E-state index in [0.717, 1.165) is 19.3 Å². The van der Waals surface area contributed by atoms with Gasteiger partial charge < -0.3 is 19.5 Å². The van der Waals surface area contributed by atoms with Crippen LogP contribution in [-0.2, 0) is 14.3 Å². The highest BCUT2D eigenvalue weighted by molar-refractivity contribution is 5.98. The summed E-state index contributed by atoms with van der Waals surface area (Å²) in [7, 11) is 0. The molecule has 7 nitrogen and oxygen atoms in total. The van der Waals surface area contributed by atoms with Gasteiger partial charge in [0.1, 0.15) is 11.5 Å². The lowest BCUT2D eigenvalue weighted by molar-refractivity contribution is -0.147. The van der Waals surface area contributed by atoms with Crippen molar-refractivity contribution in [2.24, 2.45) is 0 Å². The smallest absolute Gasteiger partial charge is 0.306 e. The van der Waals surface area contributed by atoms with Crippen LogP contribution < -0.4 is 14.8 Å². The third-order valence-corrected chi connectivity index (χ3v) is 4.57. The first-order chi connectivity index (χ1) is 15.5. The highest BCUT2D eigenvalue weighted by atomic mass is 16.5. The van der Waals surface area contributed by atoms with E-state index in [1.54, 1.807) is 48.5 Å². The maximum atomic E-state index is 12.3. The summed E-state index contributed by atoms with van der Waals surface area (Å²) in [6.45, 7) is 4.66. The summed E-state index contributed by atoms with van der Waals surface area (Å²) in [5.41, 5.74) is 1.01. The van der Waals surface area contributed by atoms with Crippen LogP contribution in [0.15, 0.2) is 48.5 Å². The number of carbonyl (C=O) groups is 3. The minimum atomic E-state index is -0.609. The summed E-state index contributed by atoms with van der Waals surface area (Å²) in [5.74, 6) is -0.00459. The second kappa shape index (κ2) is 13.9. The summed E-state index contributed by atoms with van der Waals surface area (Å²) in [6.07, 6.45) is 3.15. The fourth-order valence-electron chi connectivity index (χ4n) is 2.89. The standard InChI is InChI=1S/C25H31NO6/c1-3-5-8-17-31-20-13-11-19(12-14-20)22(27)15-16-25(29)32-18-24(28)26-21-9-6-7-10-23(21)30-4-2/h6-7,9-14H,3-5,8,15-18H2,1-2H3,(H,26,28). The Morgan fingerprint density at radius 3 is 2.34 bits per heavy atom. The molecule has 0 unspecified atom stereocenters. The Bertz CT molecular complexity index is 878. The number of hydrogen-bond donors (Lipinski definition) is 1. The van der Waals surface area contributed by atoms with Gasteiger partial charge in [-0.1, -0.05) is 31.9 Å². The molecule has 0 aliphatic rings. The van der Waals surface area contributed by atoms with Crippen LogP contribution in [0.2, 0.25) is 0 Å². The predicted octanol–water partition coefficient (Wildman–Crippen LogP) is 4.80. The average molecular weight is 442 g/mol. The van der Waals surface area contributed by atoms with E-state index in [0.29, 0.717) is 36.0 Å². The quantitative estimate of drug-likeness (QED) is 0.257. The fourth-order valence-corrected chi connectivity index (χ4v) is 2.89. The second-order valence-corrected chi connectivity index (χ2v) is 7.14. The molecule has 172 valence electrons. The Morgan fingerprint density at radius 1 is 0.875 bits per heavy atom. The molecule has 0 saturated heterocycles. The maximum Gasteiger partial charge on any atom is 0.306 e. The highest BCUT2D eigenvalue weighted by Crippen LogP contribution is 2.23. The Balaban J connectivity index is 1.71. The van der Waals surface area contributed by atoms with Crippen LogP contribution in [0.3, 0.4) is 0 Å². The van der Waals surface area contributed by atoms with Gasteiger partial charge in [-0.05, 0) is 49.7 Å². The maximum absolute atomic E-state index is 12.3. The Labute approximate surface area is 189 Å². The molecular formula is C25H31NO6. The van der Waals surface area contributed by atoms with Crippen LogP contribution in [0.5, 0.6) is 11.5 Å². The third-order valence-electron chi connectivity index (χ3n) is 4.57. The van der Waals surface area contributed by atoms with Crippen molar-refractivity contribution >= 4 is 23.3 Å². The SMILES string of the molecule is CCCCCOc1ccc(C(=O)CCC(=O)OCC(=O)Nc2ccccc2OCC)cc1. The van der Waals surface area contributed by atoms with Gasteiger partial charge in [-0.15, -0.1) is 0 Å².